The molecule has 9 nitrogen and oxygen atoms in total. The summed E-state index contributed by atoms with van der Waals surface area (Å²) in [5.41, 5.74) is 2.99. The Bertz CT molecular complexity index is 1660. The first kappa shape index (κ1) is 35.0. The molecule has 0 spiro atoms. The Balaban J connectivity index is 1.29. The van der Waals surface area contributed by atoms with Crippen LogP contribution in [0.15, 0.2) is 59.5 Å². The molecule has 3 aromatic carbocycles. The molecule has 0 aliphatic carbocycles. The zero-order chi connectivity index (χ0) is 33.3. The number of benzene rings is 3. The van der Waals surface area contributed by atoms with Gasteiger partial charge in [0.2, 0.25) is 0 Å². The van der Waals surface area contributed by atoms with Crippen molar-refractivity contribution >= 4 is 69.5 Å². The fourth-order valence-corrected chi connectivity index (χ4v) is 6.97. The summed E-state index contributed by atoms with van der Waals surface area (Å²) in [4.78, 5) is 29.0. The second-order valence-electron chi connectivity index (χ2n) is 10.8. The van der Waals surface area contributed by atoms with E-state index in [0.717, 1.165) is 36.3 Å². The number of thiocarbonyl (C=S) groups is 1. The first-order valence-corrected chi connectivity index (χ1v) is 17.0. The summed E-state index contributed by atoms with van der Waals surface area (Å²) < 4.78 is 23.4. The van der Waals surface area contributed by atoms with E-state index in [4.69, 9.17) is 59.5 Å². The summed E-state index contributed by atoms with van der Waals surface area (Å²) >= 11 is 19.5. The zero-order valence-corrected chi connectivity index (χ0v) is 28.9. The summed E-state index contributed by atoms with van der Waals surface area (Å²) in [7, 11) is 1.52. The Labute approximate surface area is 293 Å². The number of carbonyl (C=O) groups excluding carboxylic acids is 1. The Morgan fingerprint density at radius 1 is 1.00 bits per heavy atom. The average molecular weight is 718 g/mol. The first-order valence-electron chi connectivity index (χ1n) is 15.0. The lowest BCUT2D eigenvalue weighted by atomic mass is 10.0. The minimum atomic E-state index is -0.935. The van der Waals surface area contributed by atoms with Crippen LogP contribution in [0.1, 0.15) is 17.5 Å². The minimum absolute atomic E-state index is 0.125. The van der Waals surface area contributed by atoms with Crippen LogP contribution in [0.3, 0.4) is 0 Å². The van der Waals surface area contributed by atoms with Crippen LogP contribution in [0.25, 0.3) is 17.2 Å². The van der Waals surface area contributed by atoms with Gasteiger partial charge in [-0.1, -0.05) is 65.4 Å². The van der Waals surface area contributed by atoms with Gasteiger partial charge in [0, 0.05) is 47.4 Å². The van der Waals surface area contributed by atoms with Gasteiger partial charge in [0.1, 0.15) is 16.7 Å². The quantitative estimate of drug-likeness (QED) is 0.111. The summed E-state index contributed by atoms with van der Waals surface area (Å²) in [6.07, 6.45) is 2.18. The molecule has 1 N–H and O–H groups in total. The molecule has 47 heavy (non-hydrogen) atoms. The Hall–Kier alpha value is -3.32. The van der Waals surface area contributed by atoms with Gasteiger partial charge in [0.05, 0.1) is 38.3 Å². The Morgan fingerprint density at radius 3 is 2.51 bits per heavy atom. The standard InChI is InChI=1S/C34H34Cl2N2O7S2/c1-42-29-7-3-22(18-32(39)40)17-30(29)44-13-2-9-38-33(41)31(47-34(38)46)20-24-19-23(26-6-5-25(35)21-27(26)36)4-8-28(24)45-16-12-37-10-14-43-15-11-37/h3-8,17,19-21H,2,9-16,18H2,1H3,(H,39,40)/b31-20-. The van der Waals surface area contributed by atoms with Crippen molar-refractivity contribution in [1.29, 1.82) is 0 Å². The van der Waals surface area contributed by atoms with Crippen LogP contribution in [0.4, 0.5) is 0 Å². The van der Waals surface area contributed by atoms with E-state index in [9.17, 15) is 9.59 Å². The maximum absolute atomic E-state index is 13.5. The second kappa shape index (κ2) is 16.7. The van der Waals surface area contributed by atoms with E-state index in [2.05, 4.69) is 4.90 Å². The average Bonchev–Trinajstić information content (AvgIpc) is 3.31. The number of hydrogen-bond acceptors (Lipinski definition) is 9. The summed E-state index contributed by atoms with van der Waals surface area (Å²) in [5, 5.41) is 10.2. The van der Waals surface area contributed by atoms with Gasteiger partial charge in [0.15, 0.2) is 11.5 Å². The van der Waals surface area contributed by atoms with E-state index < -0.39 is 5.97 Å². The van der Waals surface area contributed by atoms with E-state index in [1.807, 2.05) is 30.3 Å². The van der Waals surface area contributed by atoms with Crippen molar-refractivity contribution in [2.24, 2.45) is 0 Å². The van der Waals surface area contributed by atoms with Gasteiger partial charge in [0.25, 0.3) is 5.91 Å². The lowest BCUT2D eigenvalue weighted by molar-refractivity contribution is -0.136. The smallest absolute Gasteiger partial charge is 0.307 e. The SMILES string of the molecule is COc1ccc(CC(=O)O)cc1OCCCN1C(=O)/C(=C/c2cc(-c3ccc(Cl)cc3Cl)ccc2OCCN2CCOCC2)SC1=S. The summed E-state index contributed by atoms with van der Waals surface area (Å²) in [5.74, 6) is 0.451. The first-order chi connectivity index (χ1) is 22.7. The molecule has 2 aliphatic rings. The number of carboxylic acid groups (broad SMARTS) is 1. The molecule has 2 aliphatic heterocycles. The maximum Gasteiger partial charge on any atom is 0.307 e. The third kappa shape index (κ3) is 9.40. The number of carboxylic acids is 1. The highest BCUT2D eigenvalue weighted by Crippen LogP contribution is 2.38. The van der Waals surface area contributed by atoms with E-state index in [0.29, 0.717) is 74.9 Å². The summed E-state index contributed by atoms with van der Waals surface area (Å²) in [6.45, 7) is 5.01. The van der Waals surface area contributed by atoms with Gasteiger partial charge >= 0.3 is 5.97 Å². The van der Waals surface area contributed by atoms with Gasteiger partial charge in [-0.2, -0.15) is 0 Å². The molecule has 0 saturated carbocycles. The highest BCUT2D eigenvalue weighted by molar-refractivity contribution is 8.26. The number of rotatable bonds is 14. The normalized spacial score (nSPS) is 16.1. The summed E-state index contributed by atoms with van der Waals surface area (Å²) in [6, 6.07) is 16.1. The molecule has 5 rings (SSSR count). The molecule has 0 bridgehead atoms. The molecule has 0 aromatic heterocycles. The maximum atomic E-state index is 13.5. The van der Waals surface area contributed by atoms with Crippen LogP contribution in [-0.2, 0) is 20.7 Å². The number of methoxy groups -OCH3 is 1. The molecule has 2 heterocycles. The molecule has 2 saturated heterocycles. The number of carbonyl (C=O) groups is 2. The predicted molar refractivity (Wildman–Crippen MR) is 189 cm³/mol. The van der Waals surface area contributed by atoms with Crippen molar-refractivity contribution in [3.8, 4) is 28.4 Å². The third-order valence-electron chi connectivity index (χ3n) is 7.55. The number of aliphatic carboxylic acids is 1. The highest BCUT2D eigenvalue weighted by atomic mass is 35.5. The molecule has 0 unspecified atom stereocenters. The van der Waals surface area contributed by atoms with Gasteiger partial charge in [-0.15, -0.1) is 0 Å². The van der Waals surface area contributed by atoms with E-state index in [1.54, 1.807) is 35.2 Å². The molecule has 2 fully saturated rings. The molecule has 0 atom stereocenters. The molecule has 13 heteroatoms. The Morgan fingerprint density at radius 2 is 1.77 bits per heavy atom. The minimum Gasteiger partial charge on any atom is -0.493 e. The van der Waals surface area contributed by atoms with Gasteiger partial charge in [-0.25, -0.2) is 0 Å². The van der Waals surface area contributed by atoms with Crippen LogP contribution in [0.2, 0.25) is 10.0 Å². The van der Waals surface area contributed by atoms with Gasteiger partial charge < -0.3 is 24.1 Å². The van der Waals surface area contributed by atoms with Crippen molar-refractivity contribution in [2.75, 3.05) is 59.7 Å². The number of hydrogen-bond donors (Lipinski definition) is 1. The number of morpholine rings is 1. The van der Waals surface area contributed by atoms with E-state index in [1.165, 1.54) is 18.9 Å². The highest BCUT2D eigenvalue weighted by Gasteiger charge is 2.32. The molecular weight excluding hydrogens is 683 g/mol. The van der Waals surface area contributed by atoms with E-state index in [-0.39, 0.29) is 18.9 Å². The van der Waals surface area contributed by atoms with Crippen LogP contribution in [0.5, 0.6) is 17.2 Å². The molecular formula is C34H34Cl2N2O7S2. The van der Waals surface area contributed by atoms with Crippen molar-refractivity contribution < 1.29 is 33.6 Å². The van der Waals surface area contributed by atoms with Gasteiger partial charge in [-0.3, -0.25) is 19.4 Å². The van der Waals surface area contributed by atoms with Crippen LogP contribution < -0.4 is 14.2 Å². The number of halogens is 2. The van der Waals surface area contributed by atoms with Crippen molar-refractivity contribution in [3.05, 3.63) is 80.7 Å². The topological polar surface area (TPSA) is 97.8 Å². The molecule has 0 radical (unpaired) electrons. The fourth-order valence-electron chi connectivity index (χ4n) is 5.15. The van der Waals surface area contributed by atoms with Crippen LogP contribution in [0, 0.1) is 0 Å². The van der Waals surface area contributed by atoms with Gasteiger partial charge in [-0.05, 0) is 60.0 Å². The van der Waals surface area contributed by atoms with Crippen LogP contribution >= 0.6 is 47.2 Å². The zero-order valence-electron chi connectivity index (χ0n) is 25.7. The van der Waals surface area contributed by atoms with Crippen molar-refractivity contribution in [2.45, 2.75) is 12.8 Å². The molecule has 1 amide bonds. The number of nitrogens with zero attached hydrogens (tertiary/aromatic N) is 2. The van der Waals surface area contributed by atoms with E-state index >= 15 is 0 Å². The molecule has 3 aromatic rings. The van der Waals surface area contributed by atoms with Crippen molar-refractivity contribution in [1.82, 2.24) is 9.80 Å². The third-order valence-corrected chi connectivity index (χ3v) is 9.47. The number of thioether (sulfide) groups is 1. The number of amides is 1. The lowest BCUT2D eigenvalue weighted by Gasteiger charge is -2.26. The fraction of sp³-hybridized carbons (Fsp3) is 0.324. The second-order valence-corrected chi connectivity index (χ2v) is 13.3. The van der Waals surface area contributed by atoms with Crippen LogP contribution in [-0.4, -0.2) is 90.8 Å². The van der Waals surface area contributed by atoms with Crippen molar-refractivity contribution in [3.63, 3.8) is 0 Å². The largest absolute Gasteiger partial charge is 0.493 e. The Kier molecular flexibility index (Phi) is 12.4. The predicted octanol–water partition coefficient (Wildman–Crippen LogP) is 6.68. The lowest BCUT2D eigenvalue weighted by Crippen LogP contribution is -2.38. The monoisotopic (exact) mass is 716 g/mol. The number of ether oxygens (including phenoxy) is 4. The molecule has 248 valence electrons.